The predicted octanol–water partition coefficient (Wildman–Crippen LogP) is 3.66. The van der Waals surface area contributed by atoms with E-state index in [0.717, 1.165) is 16.1 Å². The van der Waals surface area contributed by atoms with E-state index in [2.05, 4.69) is 21.2 Å². The van der Waals surface area contributed by atoms with E-state index in [9.17, 15) is 9.18 Å². The van der Waals surface area contributed by atoms with Gasteiger partial charge in [-0.25, -0.2) is 4.39 Å². The van der Waals surface area contributed by atoms with Crippen molar-refractivity contribution in [1.29, 1.82) is 0 Å². The first-order chi connectivity index (χ1) is 9.47. The molecule has 3 nitrogen and oxygen atoms in total. The van der Waals surface area contributed by atoms with E-state index in [0.29, 0.717) is 0 Å². The van der Waals surface area contributed by atoms with Gasteiger partial charge in [-0.15, -0.1) is 0 Å². The van der Waals surface area contributed by atoms with Crippen molar-refractivity contribution < 1.29 is 9.18 Å². The fourth-order valence-electron chi connectivity index (χ4n) is 1.86. The first kappa shape index (κ1) is 14.5. The molecule has 0 radical (unpaired) electrons. The van der Waals surface area contributed by atoms with Crippen molar-refractivity contribution in [2.24, 2.45) is 0 Å². The molecule has 2 aromatic rings. The van der Waals surface area contributed by atoms with Crippen molar-refractivity contribution in [1.82, 2.24) is 5.32 Å². The molecule has 20 heavy (non-hydrogen) atoms. The van der Waals surface area contributed by atoms with Crippen molar-refractivity contribution in [3.63, 3.8) is 0 Å². The standard InChI is InChI=1S/C15H14BrFN2O/c1-9(10-3-2-4-11(16)7-10)19-15(20)13-8-12(17)5-6-14(13)18/h2-9H,18H2,1H3,(H,19,20). The normalized spacial score (nSPS) is 11.9. The molecule has 0 spiro atoms. The minimum Gasteiger partial charge on any atom is -0.398 e. The van der Waals surface area contributed by atoms with Gasteiger partial charge in [0.1, 0.15) is 5.82 Å². The van der Waals surface area contributed by atoms with Crippen LogP contribution in [0.4, 0.5) is 10.1 Å². The summed E-state index contributed by atoms with van der Waals surface area (Å²) in [7, 11) is 0. The molecule has 1 atom stereocenters. The number of hydrogen-bond acceptors (Lipinski definition) is 2. The number of anilines is 1. The van der Waals surface area contributed by atoms with Gasteiger partial charge in [-0.2, -0.15) is 0 Å². The molecule has 0 heterocycles. The van der Waals surface area contributed by atoms with Gasteiger partial charge in [-0.1, -0.05) is 28.1 Å². The molecule has 2 aromatic carbocycles. The fourth-order valence-corrected chi connectivity index (χ4v) is 2.28. The van der Waals surface area contributed by atoms with E-state index >= 15 is 0 Å². The third-order valence-corrected chi connectivity index (χ3v) is 3.45. The van der Waals surface area contributed by atoms with E-state index in [1.807, 2.05) is 31.2 Å². The van der Waals surface area contributed by atoms with Gasteiger partial charge in [0.2, 0.25) is 0 Å². The van der Waals surface area contributed by atoms with Gasteiger partial charge in [0.25, 0.3) is 5.91 Å². The molecule has 0 aromatic heterocycles. The Balaban J connectivity index is 2.17. The minimum absolute atomic E-state index is 0.145. The molecule has 0 aliphatic carbocycles. The molecule has 0 saturated carbocycles. The monoisotopic (exact) mass is 336 g/mol. The lowest BCUT2D eigenvalue weighted by Crippen LogP contribution is -2.27. The van der Waals surface area contributed by atoms with E-state index in [4.69, 9.17) is 5.73 Å². The van der Waals surface area contributed by atoms with Gasteiger partial charge in [0.15, 0.2) is 0 Å². The summed E-state index contributed by atoms with van der Waals surface area (Å²) < 4.78 is 14.1. The lowest BCUT2D eigenvalue weighted by Gasteiger charge is -2.15. The van der Waals surface area contributed by atoms with Gasteiger partial charge < -0.3 is 11.1 Å². The predicted molar refractivity (Wildman–Crippen MR) is 80.8 cm³/mol. The Labute approximate surface area is 125 Å². The smallest absolute Gasteiger partial charge is 0.253 e. The van der Waals surface area contributed by atoms with Crippen LogP contribution in [0.15, 0.2) is 46.9 Å². The summed E-state index contributed by atoms with van der Waals surface area (Å²) in [6.45, 7) is 1.86. The Kier molecular flexibility index (Phi) is 4.39. The van der Waals surface area contributed by atoms with E-state index in [-0.39, 0.29) is 17.3 Å². The second kappa shape index (κ2) is 6.05. The zero-order valence-electron chi connectivity index (χ0n) is 10.9. The molecule has 104 valence electrons. The summed E-state index contributed by atoms with van der Waals surface area (Å²) >= 11 is 3.38. The number of carbonyl (C=O) groups is 1. The van der Waals surface area contributed by atoms with Crippen molar-refractivity contribution in [3.05, 3.63) is 63.9 Å². The number of nitrogen functional groups attached to an aromatic ring is 1. The quantitative estimate of drug-likeness (QED) is 0.840. The molecule has 0 aliphatic heterocycles. The molecule has 5 heteroatoms. The van der Waals surface area contributed by atoms with Gasteiger partial charge in [0.05, 0.1) is 11.6 Å². The number of benzene rings is 2. The maximum Gasteiger partial charge on any atom is 0.253 e. The maximum atomic E-state index is 13.2. The molecule has 0 aliphatic rings. The van der Waals surface area contributed by atoms with Gasteiger partial charge in [-0.3, -0.25) is 4.79 Å². The topological polar surface area (TPSA) is 55.1 Å². The molecular weight excluding hydrogens is 323 g/mol. The molecule has 0 saturated heterocycles. The highest BCUT2D eigenvalue weighted by atomic mass is 79.9. The largest absolute Gasteiger partial charge is 0.398 e. The average molecular weight is 337 g/mol. The highest BCUT2D eigenvalue weighted by Gasteiger charge is 2.14. The molecule has 0 fully saturated rings. The number of halogens is 2. The number of hydrogen-bond donors (Lipinski definition) is 2. The van der Waals surface area contributed by atoms with Crippen LogP contribution >= 0.6 is 15.9 Å². The van der Waals surface area contributed by atoms with Crippen LogP contribution in [0.25, 0.3) is 0 Å². The summed E-state index contributed by atoms with van der Waals surface area (Å²) in [5.41, 5.74) is 7.04. The summed E-state index contributed by atoms with van der Waals surface area (Å²) in [5, 5.41) is 2.80. The van der Waals surface area contributed by atoms with Crippen LogP contribution in [0.5, 0.6) is 0 Å². The Morgan fingerprint density at radius 2 is 2.05 bits per heavy atom. The summed E-state index contributed by atoms with van der Waals surface area (Å²) in [6.07, 6.45) is 0. The van der Waals surface area contributed by atoms with Crippen LogP contribution in [0.1, 0.15) is 28.9 Å². The van der Waals surface area contributed by atoms with Gasteiger partial charge >= 0.3 is 0 Å². The fraction of sp³-hybridized carbons (Fsp3) is 0.133. The summed E-state index contributed by atoms with van der Waals surface area (Å²) in [4.78, 5) is 12.1. The molecule has 1 amide bonds. The highest BCUT2D eigenvalue weighted by Crippen LogP contribution is 2.19. The van der Waals surface area contributed by atoms with Crippen molar-refractivity contribution in [2.75, 3.05) is 5.73 Å². The SMILES string of the molecule is CC(NC(=O)c1cc(F)ccc1N)c1cccc(Br)c1. The van der Waals surface area contributed by atoms with E-state index in [1.54, 1.807) is 0 Å². The Morgan fingerprint density at radius 1 is 1.30 bits per heavy atom. The number of rotatable bonds is 3. The minimum atomic E-state index is -0.487. The van der Waals surface area contributed by atoms with E-state index in [1.165, 1.54) is 12.1 Å². The Morgan fingerprint density at radius 3 is 2.75 bits per heavy atom. The third kappa shape index (κ3) is 3.36. The van der Waals surface area contributed by atoms with Gasteiger partial charge in [-0.05, 0) is 42.8 Å². The van der Waals surface area contributed by atoms with Crippen LogP contribution in [0.3, 0.4) is 0 Å². The number of carbonyl (C=O) groups excluding carboxylic acids is 1. The maximum absolute atomic E-state index is 13.2. The third-order valence-electron chi connectivity index (χ3n) is 2.96. The molecular formula is C15H14BrFN2O. The van der Waals surface area contributed by atoms with Crippen LogP contribution in [-0.4, -0.2) is 5.91 Å². The number of nitrogens with one attached hydrogen (secondary N) is 1. The first-order valence-corrected chi connectivity index (χ1v) is 6.88. The van der Waals surface area contributed by atoms with Crippen LogP contribution in [0.2, 0.25) is 0 Å². The molecule has 2 rings (SSSR count). The lowest BCUT2D eigenvalue weighted by atomic mass is 10.1. The Bertz CT molecular complexity index is 646. The average Bonchev–Trinajstić information content (AvgIpc) is 2.41. The van der Waals surface area contributed by atoms with Crippen LogP contribution in [-0.2, 0) is 0 Å². The van der Waals surface area contributed by atoms with Crippen molar-refractivity contribution in [3.8, 4) is 0 Å². The molecule has 3 N–H and O–H groups in total. The van der Waals surface area contributed by atoms with Crippen LogP contribution in [0, 0.1) is 5.82 Å². The summed E-state index contributed by atoms with van der Waals surface area (Å²) in [5.74, 6) is -0.881. The van der Waals surface area contributed by atoms with Gasteiger partial charge in [0, 0.05) is 10.2 Å². The van der Waals surface area contributed by atoms with Crippen molar-refractivity contribution in [2.45, 2.75) is 13.0 Å². The lowest BCUT2D eigenvalue weighted by molar-refractivity contribution is 0.0940. The second-order valence-electron chi connectivity index (χ2n) is 4.48. The molecule has 1 unspecified atom stereocenters. The Hall–Kier alpha value is -1.88. The second-order valence-corrected chi connectivity index (χ2v) is 5.40. The zero-order chi connectivity index (χ0) is 14.7. The van der Waals surface area contributed by atoms with E-state index < -0.39 is 11.7 Å². The first-order valence-electron chi connectivity index (χ1n) is 6.08. The zero-order valence-corrected chi connectivity index (χ0v) is 12.4. The number of nitrogens with two attached hydrogens (primary N) is 1. The molecule has 0 bridgehead atoms. The summed E-state index contributed by atoms with van der Waals surface area (Å²) in [6, 6.07) is 11.2. The van der Waals surface area contributed by atoms with Crippen molar-refractivity contribution >= 4 is 27.5 Å². The highest BCUT2D eigenvalue weighted by molar-refractivity contribution is 9.10. The van der Waals surface area contributed by atoms with Crippen LogP contribution < -0.4 is 11.1 Å². The number of amides is 1.